The van der Waals surface area contributed by atoms with Gasteiger partial charge in [0.25, 0.3) is 0 Å². The third kappa shape index (κ3) is 5.05. The van der Waals surface area contributed by atoms with E-state index in [-0.39, 0.29) is 5.75 Å². The van der Waals surface area contributed by atoms with Gasteiger partial charge in [0.2, 0.25) is 0 Å². The highest BCUT2D eigenvalue weighted by molar-refractivity contribution is 9.10. The molecule has 0 saturated carbocycles. The Morgan fingerprint density at radius 2 is 1.69 bits per heavy atom. The molecule has 1 fully saturated rings. The number of rotatable bonds is 5. The Morgan fingerprint density at radius 1 is 0.966 bits per heavy atom. The average molecular weight is 451 g/mol. The number of benzene rings is 3. The summed E-state index contributed by atoms with van der Waals surface area (Å²) in [5.41, 5.74) is 5.08. The number of phenolic OH excluding ortho intramolecular Hbond substituents is 1. The van der Waals surface area contributed by atoms with Crippen molar-refractivity contribution < 1.29 is 9.84 Å². The summed E-state index contributed by atoms with van der Waals surface area (Å²) >= 11 is 3.46. The largest absolute Gasteiger partial charge is 0.506 e. The van der Waals surface area contributed by atoms with Crippen LogP contribution in [-0.2, 0) is 11.2 Å². The highest BCUT2D eigenvalue weighted by atomic mass is 79.9. The lowest BCUT2D eigenvalue weighted by molar-refractivity contribution is 0.122. The number of hydrogen-bond acceptors (Lipinski definition) is 4. The second kappa shape index (κ2) is 9.25. The van der Waals surface area contributed by atoms with Gasteiger partial charge in [-0.05, 0) is 69.9 Å². The first-order valence-electron chi connectivity index (χ1n) is 9.71. The number of nitrogens with zero attached hydrogens (tertiary/aromatic N) is 2. The first-order valence-corrected chi connectivity index (χ1v) is 10.5. The van der Waals surface area contributed by atoms with Gasteiger partial charge >= 0.3 is 0 Å². The molecule has 0 atom stereocenters. The Labute approximate surface area is 179 Å². The smallest absolute Gasteiger partial charge is 0.138 e. The van der Waals surface area contributed by atoms with Crippen LogP contribution in [0, 0.1) is 0 Å². The molecule has 0 aliphatic carbocycles. The molecule has 4 nitrogen and oxygen atoms in total. The van der Waals surface area contributed by atoms with Crippen molar-refractivity contribution in [2.45, 2.75) is 6.42 Å². The standard InChI is InChI=1S/C24H23BrN2O2/c25-23-16-19(14-18-4-2-1-3-5-18)15-20(24(23)28)17-26-21-6-8-22(9-7-21)27-10-12-29-13-11-27/h1-9,15-17,28H,10-14H2. The molecule has 4 rings (SSSR count). The van der Waals surface area contributed by atoms with Gasteiger partial charge in [-0.25, -0.2) is 0 Å². The number of morpholine rings is 1. The minimum absolute atomic E-state index is 0.204. The van der Waals surface area contributed by atoms with Crippen molar-refractivity contribution in [2.75, 3.05) is 31.2 Å². The van der Waals surface area contributed by atoms with E-state index in [1.165, 1.54) is 11.3 Å². The number of aromatic hydroxyl groups is 1. The summed E-state index contributed by atoms with van der Waals surface area (Å²) in [6.07, 6.45) is 2.52. The number of hydrogen-bond donors (Lipinski definition) is 1. The maximum Gasteiger partial charge on any atom is 0.138 e. The molecule has 148 valence electrons. The molecule has 1 N–H and O–H groups in total. The zero-order valence-electron chi connectivity index (χ0n) is 16.1. The van der Waals surface area contributed by atoms with Gasteiger partial charge in [-0.15, -0.1) is 0 Å². The van der Waals surface area contributed by atoms with Crippen molar-refractivity contribution in [3.63, 3.8) is 0 Å². The van der Waals surface area contributed by atoms with Crippen molar-refractivity contribution in [1.29, 1.82) is 0 Å². The van der Waals surface area contributed by atoms with Gasteiger partial charge in [0.1, 0.15) is 5.75 Å². The number of anilines is 1. The van der Waals surface area contributed by atoms with Crippen molar-refractivity contribution >= 4 is 33.5 Å². The summed E-state index contributed by atoms with van der Waals surface area (Å²) in [5.74, 6) is 0.204. The summed E-state index contributed by atoms with van der Waals surface area (Å²) in [4.78, 5) is 6.88. The van der Waals surface area contributed by atoms with Gasteiger partial charge in [0.05, 0.1) is 23.4 Å². The zero-order valence-corrected chi connectivity index (χ0v) is 17.7. The lowest BCUT2D eigenvalue weighted by Crippen LogP contribution is -2.36. The second-order valence-corrected chi connectivity index (χ2v) is 7.91. The van der Waals surface area contributed by atoms with Gasteiger partial charge in [-0.1, -0.05) is 30.3 Å². The maximum atomic E-state index is 10.4. The van der Waals surface area contributed by atoms with E-state index in [0.29, 0.717) is 10.0 Å². The van der Waals surface area contributed by atoms with E-state index in [0.717, 1.165) is 44.0 Å². The minimum atomic E-state index is 0.204. The van der Waals surface area contributed by atoms with E-state index < -0.39 is 0 Å². The molecule has 0 bridgehead atoms. The Morgan fingerprint density at radius 3 is 2.41 bits per heavy atom. The normalized spacial score (nSPS) is 14.4. The molecule has 1 aliphatic heterocycles. The predicted molar refractivity (Wildman–Crippen MR) is 122 cm³/mol. The Kier molecular flexibility index (Phi) is 6.27. The van der Waals surface area contributed by atoms with Crippen molar-refractivity contribution in [1.82, 2.24) is 0 Å². The SMILES string of the molecule is Oc1c(Br)cc(Cc2ccccc2)cc1C=Nc1ccc(N2CCOCC2)cc1. The van der Waals surface area contributed by atoms with E-state index in [2.05, 4.69) is 50.1 Å². The summed E-state index contributed by atoms with van der Waals surface area (Å²) in [5, 5.41) is 10.4. The number of halogens is 1. The van der Waals surface area contributed by atoms with Crippen LogP contribution in [0.15, 0.2) is 76.2 Å². The minimum Gasteiger partial charge on any atom is -0.506 e. The van der Waals surface area contributed by atoms with Gasteiger partial charge in [-0.2, -0.15) is 0 Å². The molecule has 1 aliphatic rings. The Bertz CT molecular complexity index is 982. The van der Waals surface area contributed by atoms with E-state index in [1.807, 2.05) is 42.5 Å². The van der Waals surface area contributed by atoms with E-state index in [4.69, 9.17) is 4.74 Å². The van der Waals surface area contributed by atoms with Crippen LogP contribution < -0.4 is 4.90 Å². The van der Waals surface area contributed by atoms with Gasteiger partial charge < -0.3 is 14.7 Å². The molecule has 5 heteroatoms. The number of phenols is 1. The summed E-state index contributed by atoms with van der Waals surface area (Å²) in [6.45, 7) is 3.37. The number of aliphatic imine (C=N–C) groups is 1. The summed E-state index contributed by atoms with van der Waals surface area (Å²) in [6, 6.07) is 22.4. The Balaban J connectivity index is 1.51. The molecule has 0 spiro atoms. The molecule has 0 amide bonds. The average Bonchev–Trinajstić information content (AvgIpc) is 2.77. The third-order valence-electron chi connectivity index (χ3n) is 4.98. The van der Waals surface area contributed by atoms with Crippen LogP contribution in [0.2, 0.25) is 0 Å². The first kappa shape index (κ1) is 19.7. The van der Waals surface area contributed by atoms with Crippen molar-refractivity contribution in [2.24, 2.45) is 4.99 Å². The molecule has 0 aromatic heterocycles. The van der Waals surface area contributed by atoms with Crippen LogP contribution in [0.5, 0.6) is 5.75 Å². The lowest BCUT2D eigenvalue weighted by Gasteiger charge is -2.28. The fourth-order valence-electron chi connectivity index (χ4n) is 3.43. The molecular weight excluding hydrogens is 428 g/mol. The fraction of sp³-hybridized carbons (Fsp3) is 0.208. The monoisotopic (exact) mass is 450 g/mol. The molecule has 1 saturated heterocycles. The molecular formula is C24H23BrN2O2. The molecule has 3 aromatic carbocycles. The van der Waals surface area contributed by atoms with Gasteiger partial charge in [0, 0.05) is 30.6 Å². The highest BCUT2D eigenvalue weighted by Crippen LogP contribution is 2.30. The van der Waals surface area contributed by atoms with Crippen LogP contribution >= 0.6 is 15.9 Å². The van der Waals surface area contributed by atoms with Crippen LogP contribution in [0.3, 0.4) is 0 Å². The van der Waals surface area contributed by atoms with Crippen LogP contribution in [0.4, 0.5) is 11.4 Å². The third-order valence-corrected chi connectivity index (χ3v) is 5.59. The summed E-state index contributed by atoms with van der Waals surface area (Å²) in [7, 11) is 0. The molecule has 29 heavy (non-hydrogen) atoms. The topological polar surface area (TPSA) is 45.1 Å². The Hall–Kier alpha value is -2.63. The molecule has 0 unspecified atom stereocenters. The van der Waals surface area contributed by atoms with Crippen molar-refractivity contribution in [3.05, 3.63) is 87.9 Å². The highest BCUT2D eigenvalue weighted by Gasteiger charge is 2.11. The van der Waals surface area contributed by atoms with Gasteiger partial charge in [-0.3, -0.25) is 4.99 Å². The maximum absolute atomic E-state index is 10.4. The van der Waals surface area contributed by atoms with Crippen molar-refractivity contribution in [3.8, 4) is 5.75 Å². The zero-order chi connectivity index (χ0) is 20.1. The molecule has 3 aromatic rings. The quantitative estimate of drug-likeness (QED) is 0.534. The van der Waals surface area contributed by atoms with E-state index >= 15 is 0 Å². The first-order chi connectivity index (χ1) is 14.2. The van der Waals surface area contributed by atoms with E-state index in [1.54, 1.807) is 6.21 Å². The number of ether oxygens (including phenoxy) is 1. The fourth-order valence-corrected chi connectivity index (χ4v) is 3.95. The predicted octanol–water partition coefficient (Wildman–Crippen LogP) is 5.33. The second-order valence-electron chi connectivity index (χ2n) is 7.05. The van der Waals surface area contributed by atoms with Crippen LogP contribution in [-0.4, -0.2) is 37.6 Å². The van der Waals surface area contributed by atoms with Gasteiger partial charge in [0.15, 0.2) is 0 Å². The molecule has 1 heterocycles. The van der Waals surface area contributed by atoms with Crippen LogP contribution in [0.1, 0.15) is 16.7 Å². The van der Waals surface area contributed by atoms with Crippen LogP contribution in [0.25, 0.3) is 0 Å². The molecule has 0 radical (unpaired) electrons. The summed E-state index contributed by atoms with van der Waals surface area (Å²) < 4.78 is 6.08. The van der Waals surface area contributed by atoms with E-state index in [9.17, 15) is 5.11 Å². The lowest BCUT2D eigenvalue weighted by atomic mass is 10.0.